The molecule has 2 rings (SSSR count). The number of rotatable bonds is 8. The average Bonchev–Trinajstić information content (AvgIpc) is 2.51. The van der Waals surface area contributed by atoms with Crippen LogP contribution in [0.1, 0.15) is 31.2 Å². The van der Waals surface area contributed by atoms with Crippen molar-refractivity contribution in [3.63, 3.8) is 0 Å². The van der Waals surface area contributed by atoms with Crippen LogP contribution in [0.4, 0.5) is 0 Å². The third-order valence-electron chi connectivity index (χ3n) is 4.50. The van der Waals surface area contributed by atoms with Crippen LogP contribution in [0.25, 0.3) is 0 Å². The van der Waals surface area contributed by atoms with Crippen LogP contribution in [0.2, 0.25) is 18.1 Å². The third kappa shape index (κ3) is 6.03. The predicted molar refractivity (Wildman–Crippen MR) is 99.4 cm³/mol. The van der Waals surface area contributed by atoms with Gasteiger partial charge in [0, 0.05) is 18.1 Å². The van der Waals surface area contributed by atoms with Gasteiger partial charge in [0.1, 0.15) is 0 Å². The summed E-state index contributed by atoms with van der Waals surface area (Å²) in [6.45, 7) is 10.1. The Bertz CT molecular complexity index is 447. The van der Waals surface area contributed by atoms with E-state index < -0.39 is 8.80 Å². The first-order valence-corrected chi connectivity index (χ1v) is 12.0. The summed E-state index contributed by atoms with van der Waals surface area (Å²) in [5.41, 5.74) is 1.50. The van der Waals surface area contributed by atoms with Gasteiger partial charge in [-0.2, -0.15) is 0 Å². The summed E-state index contributed by atoms with van der Waals surface area (Å²) in [7, 11) is -0.750. The number of unbranched alkanes of at least 4 members (excludes halogenated alkanes) is 3. The molecule has 0 radical (unpaired) electrons. The van der Waals surface area contributed by atoms with Crippen molar-refractivity contribution in [2.24, 2.45) is 0 Å². The Hall–Kier alpha value is -0.353. The molecule has 1 fully saturated rings. The van der Waals surface area contributed by atoms with E-state index in [-0.39, 0.29) is 0 Å². The molecule has 1 aromatic rings. The van der Waals surface area contributed by atoms with Crippen molar-refractivity contribution in [3.05, 3.63) is 28.8 Å². The second-order valence-corrected chi connectivity index (χ2v) is 9.98. The second kappa shape index (κ2) is 9.71. The van der Waals surface area contributed by atoms with Gasteiger partial charge in [-0.05, 0) is 43.5 Å². The van der Waals surface area contributed by atoms with Crippen LogP contribution in [0.3, 0.4) is 0 Å². The zero-order chi connectivity index (χ0) is 15.8. The van der Waals surface area contributed by atoms with Crippen LogP contribution in [0.15, 0.2) is 18.2 Å². The molecule has 0 bridgehead atoms. The van der Waals surface area contributed by atoms with E-state index in [4.69, 9.17) is 16.3 Å². The first-order valence-electron chi connectivity index (χ1n) is 8.75. The van der Waals surface area contributed by atoms with Crippen LogP contribution in [0.5, 0.6) is 0 Å². The predicted octanol–water partition coefficient (Wildman–Crippen LogP) is 3.47. The van der Waals surface area contributed by atoms with E-state index in [0.29, 0.717) is 0 Å². The number of aryl methyl sites for hydroxylation is 1. The van der Waals surface area contributed by atoms with Crippen molar-refractivity contribution in [2.75, 3.05) is 32.8 Å². The maximum absolute atomic E-state index is 6.17. The molecule has 0 N–H and O–H groups in total. The number of morpholine rings is 1. The molecule has 22 heavy (non-hydrogen) atoms. The zero-order valence-electron chi connectivity index (χ0n) is 14.1. The molecule has 1 aliphatic heterocycles. The molecular weight excluding hydrogens is 310 g/mol. The maximum Gasteiger partial charge on any atom is 0.0650 e. The van der Waals surface area contributed by atoms with Crippen molar-refractivity contribution in [1.29, 1.82) is 0 Å². The highest BCUT2D eigenvalue weighted by molar-refractivity contribution is 6.71. The number of hydrogen-bond acceptors (Lipinski definition) is 2. The van der Waals surface area contributed by atoms with Gasteiger partial charge in [-0.1, -0.05) is 48.8 Å². The van der Waals surface area contributed by atoms with E-state index in [2.05, 4.69) is 36.2 Å². The first kappa shape index (κ1) is 18.0. The fourth-order valence-corrected chi connectivity index (χ4v) is 4.83. The molecule has 2 nitrogen and oxygen atoms in total. The fourth-order valence-electron chi connectivity index (χ4n) is 3.18. The molecule has 0 atom stereocenters. The van der Waals surface area contributed by atoms with E-state index in [9.17, 15) is 0 Å². The van der Waals surface area contributed by atoms with Gasteiger partial charge in [-0.15, -0.1) is 0 Å². The number of ether oxygens (including phenoxy) is 1. The molecule has 1 aliphatic rings. The smallest absolute Gasteiger partial charge is 0.0650 e. The standard InChI is InChI=1S/C18H30ClNOSi/c1-22(2)18-9-8-17(19)15-16(18)7-5-3-4-6-10-20-11-13-21-14-12-20/h8-9,15,22H,3-7,10-14H2,1-2H3. The lowest BCUT2D eigenvalue weighted by Gasteiger charge is -2.26. The SMILES string of the molecule is C[SiH](C)c1ccc(Cl)cc1CCCCCCN1CCOCC1. The Kier molecular flexibility index (Phi) is 7.94. The normalized spacial score (nSPS) is 16.4. The Balaban J connectivity index is 1.65. The van der Waals surface area contributed by atoms with E-state index in [1.807, 2.05) is 0 Å². The summed E-state index contributed by atoms with van der Waals surface area (Å²) in [4.78, 5) is 2.53. The minimum absolute atomic E-state index is 0.750. The minimum atomic E-state index is -0.750. The van der Waals surface area contributed by atoms with Gasteiger partial charge in [-0.25, -0.2) is 0 Å². The largest absolute Gasteiger partial charge is 0.379 e. The lowest BCUT2D eigenvalue weighted by Crippen LogP contribution is -2.36. The highest BCUT2D eigenvalue weighted by atomic mass is 35.5. The topological polar surface area (TPSA) is 12.5 Å². The molecule has 0 amide bonds. The first-order chi connectivity index (χ1) is 10.7. The third-order valence-corrected chi connectivity index (χ3v) is 6.54. The Morgan fingerprint density at radius 1 is 1.09 bits per heavy atom. The minimum Gasteiger partial charge on any atom is -0.379 e. The number of halogens is 1. The number of hydrogen-bond donors (Lipinski definition) is 0. The highest BCUT2D eigenvalue weighted by Crippen LogP contribution is 2.14. The number of benzene rings is 1. The molecule has 1 saturated heterocycles. The molecule has 1 heterocycles. The monoisotopic (exact) mass is 339 g/mol. The molecule has 0 aromatic heterocycles. The molecule has 0 aliphatic carbocycles. The van der Waals surface area contributed by atoms with Crippen LogP contribution in [-0.4, -0.2) is 46.5 Å². The molecule has 124 valence electrons. The molecule has 0 saturated carbocycles. The molecule has 1 aromatic carbocycles. The summed E-state index contributed by atoms with van der Waals surface area (Å²) in [6, 6.07) is 6.50. The highest BCUT2D eigenvalue weighted by Gasteiger charge is 2.10. The summed E-state index contributed by atoms with van der Waals surface area (Å²) < 4.78 is 5.38. The summed E-state index contributed by atoms with van der Waals surface area (Å²) in [5.74, 6) is 0. The van der Waals surface area contributed by atoms with Gasteiger partial charge in [-0.3, -0.25) is 4.90 Å². The van der Waals surface area contributed by atoms with Crippen molar-refractivity contribution in [3.8, 4) is 0 Å². The zero-order valence-corrected chi connectivity index (χ0v) is 16.0. The van der Waals surface area contributed by atoms with E-state index in [1.165, 1.54) is 44.2 Å². The van der Waals surface area contributed by atoms with E-state index in [1.54, 1.807) is 5.19 Å². The molecule has 4 heteroatoms. The lowest BCUT2D eigenvalue weighted by molar-refractivity contribution is 0.0371. The van der Waals surface area contributed by atoms with Crippen molar-refractivity contribution in [2.45, 2.75) is 45.2 Å². The van der Waals surface area contributed by atoms with Crippen LogP contribution in [-0.2, 0) is 11.2 Å². The molecule has 0 spiro atoms. The second-order valence-electron chi connectivity index (χ2n) is 6.62. The van der Waals surface area contributed by atoms with Crippen molar-refractivity contribution < 1.29 is 4.74 Å². The lowest BCUT2D eigenvalue weighted by atomic mass is 10.1. The van der Waals surface area contributed by atoms with Gasteiger partial charge in [0.25, 0.3) is 0 Å². The van der Waals surface area contributed by atoms with Crippen LogP contribution >= 0.6 is 11.6 Å². The fraction of sp³-hybridized carbons (Fsp3) is 0.667. The Morgan fingerprint density at radius 3 is 2.55 bits per heavy atom. The summed E-state index contributed by atoms with van der Waals surface area (Å²) >= 11 is 6.17. The summed E-state index contributed by atoms with van der Waals surface area (Å²) in [6.07, 6.45) is 6.47. The maximum atomic E-state index is 6.17. The summed E-state index contributed by atoms with van der Waals surface area (Å²) in [5, 5.41) is 2.48. The quantitative estimate of drug-likeness (QED) is 0.531. The Labute approximate surface area is 142 Å². The van der Waals surface area contributed by atoms with Gasteiger partial charge in [0.2, 0.25) is 0 Å². The number of nitrogens with zero attached hydrogens (tertiary/aromatic N) is 1. The van der Waals surface area contributed by atoms with Gasteiger partial charge >= 0.3 is 0 Å². The average molecular weight is 340 g/mol. The van der Waals surface area contributed by atoms with Gasteiger partial charge < -0.3 is 4.74 Å². The van der Waals surface area contributed by atoms with Crippen molar-refractivity contribution >= 4 is 25.6 Å². The van der Waals surface area contributed by atoms with Crippen molar-refractivity contribution in [1.82, 2.24) is 4.90 Å². The Morgan fingerprint density at radius 2 is 1.82 bits per heavy atom. The van der Waals surface area contributed by atoms with E-state index in [0.717, 1.165) is 31.3 Å². The van der Waals surface area contributed by atoms with E-state index >= 15 is 0 Å². The van der Waals surface area contributed by atoms with Crippen LogP contribution in [0, 0.1) is 0 Å². The van der Waals surface area contributed by atoms with Crippen LogP contribution < -0.4 is 5.19 Å². The van der Waals surface area contributed by atoms with Gasteiger partial charge in [0.15, 0.2) is 0 Å². The molecular formula is C18H30ClNOSi. The van der Waals surface area contributed by atoms with Gasteiger partial charge in [0.05, 0.1) is 22.0 Å². The molecule has 0 unspecified atom stereocenters.